The van der Waals surface area contributed by atoms with Crippen molar-refractivity contribution in [2.24, 2.45) is 0 Å². The Balaban J connectivity index is 1.89. The Hall–Kier alpha value is -2.30. The number of aromatic nitrogens is 2. The number of ether oxygens (including phenoxy) is 1. The quantitative estimate of drug-likeness (QED) is 0.865. The van der Waals surface area contributed by atoms with Crippen LogP contribution in [0.15, 0.2) is 36.8 Å². The first-order valence-electron chi connectivity index (χ1n) is 7.13. The largest absolute Gasteiger partial charge is 0.497 e. The molecular weight excluding hydrogens is 264 g/mol. The van der Waals surface area contributed by atoms with Gasteiger partial charge in [0.05, 0.1) is 12.6 Å². The van der Waals surface area contributed by atoms with Crippen molar-refractivity contribution in [1.82, 2.24) is 14.9 Å². The van der Waals surface area contributed by atoms with Gasteiger partial charge in [0.15, 0.2) is 0 Å². The molecular formula is C16H20N4O. The molecule has 1 aromatic heterocycles. The summed E-state index contributed by atoms with van der Waals surface area (Å²) >= 11 is 0. The highest BCUT2D eigenvalue weighted by molar-refractivity contribution is 5.90. The van der Waals surface area contributed by atoms with Crippen LogP contribution in [-0.4, -0.2) is 48.2 Å². The molecule has 1 saturated heterocycles. The minimum atomic E-state index is 0.819. The number of methoxy groups -OCH3 is 1. The van der Waals surface area contributed by atoms with Crippen molar-refractivity contribution in [2.75, 3.05) is 38.2 Å². The summed E-state index contributed by atoms with van der Waals surface area (Å²) in [5.41, 5.74) is 2.05. The van der Waals surface area contributed by atoms with Gasteiger partial charge in [0.25, 0.3) is 0 Å². The summed E-state index contributed by atoms with van der Waals surface area (Å²) in [5, 5.41) is 1.07. The molecule has 110 valence electrons. The van der Waals surface area contributed by atoms with Crippen LogP contribution in [-0.2, 0) is 0 Å². The standard InChI is InChI=1S/C16H20N4O/c1-12(2)19-6-8-20(9-7-19)16-14-5-4-13(21-3)10-15(14)17-11-18-16/h4-5,10-11H,1,6-9H2,2-3H3. The Morgan fingerprint density at radius 1 is 1.19 bits per heavy atom. The molecule has 2 aromatic rings. The van der Waals surface area contributed by atoms with Gasteiger partial charge in [-0.2, -0.15) is 0 Å². The lowest BCUT2D eigenvalue weighted by Crippen LogP contribution is -2.45. The highest BCUT2D eigenvalue weighted by atomic mass is 16.5. The maximum atomic E-state index is 5.26. The lowest BCUT2D eigenvalue weighted by Gasteiger charge is -2.37. The van der Waals surface area contributed by atoms with Crippen molar-refractivity contribution in [2.45, 2.75) is 6.92 Å². The van der Waals surface area contributed by atoms with Crippen LogP contribution in [0.2, 0.25) is 0 Å². The Labute approximate surface area is 124 Å². The summed E-state index contributed by atoms with van der Waals surface area (Å²) in [6, 6.07) is 5.94. The molecule has 0 radical (unpaired) electrons. The van der Waals surface area contributed by atoms with Crippen LogP contribution >= 0.6 is 0 Å². The predicted octanol–water partition coefficient (Wildman–Crippen LogP) is 2.29. The van der Waals surface area contributed by atoms with E-state index in [0.717, 1.165) is 54.3 Å². The first-order valence-corrected chi connectivity index (χ1v) is 7.13. The van der Waals surface area contributed by atoms with E-state index in [1.54, 1.807) is 13.4 Å². The number of piperazine rings is 1. The topological polar surface area (TPSA) is 41.5 Å². The molecule has 0 unspecified atom stereocenters. The molecule has 21 heavy (non-hydrogen) atoms. The summed E-state index contributed by atoms with van der Waals surface area (Å²) < 4.78 is 5.26. The highest BCUT2D eigenvalue weighted by Crippen LogP contribution is 2.27. The number of rotatable bonds is 3. The maximum Gasteiger partial charge on any atom is 0.140 e. The highest BCUT2D eigenvalue weighted by Gasteiger charge is 2.19. The second-order valence-electron chi connectivity index (χ2n) is 5.29. The first-order chi connectivity index (χ1) is 10.2. The molecule has 3 rings (SSSR count). The molecule has 0 aliphatic carbocycles. The van der Waals surface area contributed by atoms with E-state index in [0.29, 0.717) is 0 Å². The van der Waals surface area contributed by atoms with Crippen molar-refractivity contribution < 1.29 is 4.74 Å². The van der Waals surface area contributed by atoms with Gasteiger partial charge in [0, 0.05) is 43.3 Å². The summed E-state index contributed by atoms with van der Waals surface area (Å²) in [7, 11) is 1.67. The predicted molar refractivity (Wildman–Crippen MR) is 84.7 cm³/mol. The molecule has 0 spiro atoms. The van der Waals surface area contributed by atoms with Gasteiger partial charge in [-0.3, -0.25) is 0 Å². The maximum absolute atomic E-state index is 5.26. The molecule has 5 heteroatoms. The van der Waals surface area contributed by atoms with Gasteiger partial charge in [0.1, 0.15) is 17.9 Å². The van der Waals surface area contributed by atoms with Crippen LogP contribution in [0.25, 0.3) is 10.9 Å². The molecule has 1 aromatic carbocycles. The minimum Gasteiger partial charge on any atom is -0.497 e. The van der Waals surface area contributed by atoms with E-state index >= 15 is 0 Å². The summed E-state index contributed by atoms with van der Waals surface area (Å²) in [6.45, 7) is 9.94. The second-order valence-corrected chi connectivity index (χ2v) is 5.29. The van der Waals surface area contributed by atoms with Gasteiger partial charge in [0.2, 0.25) is 0 Å². The molecule has 1 aliphatic heterocycles. The van der Waals surface area contributed by atoms with Gasteiger partial charge >= 0.3 is 0 Å². The van der Waals surface area contributed by atoms with E-state index in [1.165, 1.54) is 0 Å². The Bertz CT molecular complexity index is 662. The van der Waals surface area contributed by atoms with Crippen LogP contribution < -0.4 is 9.64 Å². The number of fused-ring (bicyclic) bond motifs is 1. The molecule has 5 nitrogen and oxygen atoms in total. The van der Waals surface area contributed by atoms with E-state index in [-0.39, 0.29) is 0 Å². The second kappa shape index (κ2) is 5.60. The fourth-order valence-corrected chi connectivity index (χ4v) is 2.70. The van der Waals surface area contributed by atoms with Crippen molar-refractivity contribution in [1.29, 1.82) is 0 Å². The molecule has 0 saturated carbocycles. The van der Waals surface area contributed by atoms with E-state index < -0.39 is 0 Å². The lowest BCUT2D eigenvalue weighted by atomic mass is 10.2. The zero-order valence-electron chi connectivity index (χ0n) is 12.5. The number of nitrogens with zero attached hydrogens (tertiary/aromatic N) is 4. The molecule has 1 aliphatic rings. The number of benzene rings is 1. The van der Waals surface area contributed by atoms with E-state index in [9.17, 15) is 0 Å². The molecule has 0 atom stereocenters. The van der Waals surface area contributed by atoms with Crippen LogP contribution in [0.3, 0.4) is 0 Å². The number of hydrogen-bond acceptors (Lipinski definition) is 5. The zero-order chi connectivity index (χ0) is 14.8. The van der Waals surface area contributed by atoms with Gasteiger partial charge in [-0.25, -0.2) is 9.97 Å². The smallest absolute Gasteiger partial charge is 0.140 e. The Kier molecular flexibility index (Phi) is 3.64. The van der Waals surface area contributed by atoms with E-state index in [1.807, 2.05) is 18.2 Å². The average Bonchev–Trinajstić information content (AvgIpc) is 2.53. The fraction of sp³-hybridized carbons (Fsp3) is 0.375. The van der Waals surface area contributed by atoms with Crippen LogP contribution in [0.5, 0.6) is 5.75 Å². The molecule has 0 amide bonds. The van der Waals surface area contributed by atoms with Gasteiger partial charge in [-0.15, -0.1) is 0 Å². The summed E-state index contributed by atoms with van der Waals surface area (Å²) in [6.07, 6.45) is 1.63. The van der Waals surface area contributed by atoms with E-state index in [2.05, 4.69) is 33.3 Å². The molecule has 0 bridgehead atoms. The van der Waals surface area contributed by atoms with Crippen LogP contribution in [0.4, 0.5) is 5.82 Å². The fourth-order valence-electron chi connectivity index (χ4n) is 2.70. The lowest BCUT2D eigenvalue weighted by molar-refractivity contribution is 0.323. The normalized spacial score (nSPS) is 15.3. The molecule has 2 heterocycles. The van der Waals surface area contributed by atoms with Crippen molar-refractivity contribution in [3.05, 3.63) is 36.8 Å². The summed E-state index contributed by atoms with van der Waals surface area (Å²) in [5.74, 6) is 1.82. The van der Waals surface area contributed by atoms with Crippen molar-refractivity contribution >= 4 is 16.7 Å². The van der Waals surface area contributed by atoms with Gasteiger partial charge in [-0.05, 0) is 19.1 Å². The zero-order valence-corrected chi connectivity index (χ0v) is 12.5. The SMILES string of the molecule is C=C(C)N1CCN(c2ncnc3cc(OC)ccc23)CC1. The monoisotopic (exact) mass is 284 g/mol. The van der Waals surface area contributed by atoms with E-state index in [4.69, 9.17) is 4.74 Å². The Morgan fingerprint density at radius 2 is 1.95 bits per heavy atom. The van der Waals surface area contributed by atoms with Crippen molar-refractivity contribution in [3.63, 3.8) is 0 Å². The van der Waals surface area contributed by atoms with Gasteiger partial charge < -0.3 is 14.5 Å². The number of anilines is 1. The number of hydrogen-bond donors (Lipinski definition) is 0. The summed E-state index contributed by atoms with van der Waals surface area (Å²) in [4.78, 5) is 13.5. The average molecular weight is 284 g/mol. The Morgan fingerprint density at radius 3 is 2.62 bits per heavy atom. The van der Waals surface area contributed by atoms with Crippen LogP contribution in [0, 0.1) is 0 Å². The minimum absolute atomic E-state index is 0.819. The van der Waals surface area contributed by atoms with Crippen molar-refractivity contribution in [3.8, 4) is 5.75 Å². The van der Waals surface area contributed by atoms with Gasteiger partial charge in [-0.1, -0.05) is 6.58 Å². The third-order valence-corrected chi connectivity index (χ3v) is 3.94. The first kappa shape index (κ1) is 13.7. The van der Waals surface area contributed by atoms with Crippen LogP contribution in [0.1, 0.15) is 6.92 Å². The molecule has 0 N–H and O–H groups in total. The molecule has 1 fully saturated rings. The third kappa shape index (κ3) is 2.63. The number of allylic oxidation sites excluding steroid dienone is 1. The third-order valence-electron chi connectivity index (χ3n) is 3.94.